The second-order valence-corrected chi connectivity index (χ2v) is 11.2. The monoisotopic (exact) mass is 688 g/mol. The van der Waals surface area contributed by atoms with Crippen LogP contribution in [0.5, 0.6) is 0 Å². The molecular formula is C19H23F19O3Si. The molecule has 0 unspecified atom stereocenters. The quantitative estimate of drug-likeness (QED) is 0.106. The summed E-state index contributed by atoms with van der Waals surface area (Å²) in [6.07, 6.45) is -16.6. The van der Waals surface area contributed by atoms with Crippen LogP contribution < -0.4 is 0 Å². The fourth-order valence-corrected chi connectivity index (χ4v) is 5.86. The Labute approximate surface area is 226 Å². The fraction of sp³-hybridized carbons (Fsp3) is 1.00. The van der Waals surface area contributed by atoms with Crippen LogP contribution in [0.2, 0.25) is 6.04 Å². The third-order valence-corrected chi connectivity index (χ3v) is 8.58. The van der Waals surface area contributed by atoms with Crippen LogP contribution in [0.4, 0.5) is 83.4 Å². The Morgan fingerprint density at radius 2 is 0.738 bits per heavy atom. The van der Waals surface area contributed by atoms with Gasteiger partial charge in [-0.1, -0.05) is 0 Å². The van der Waals surface area contributed by atoms with Gasteiger partial charge in [0.15, 0.2) is 0 Å². The lowest BCUT2D eigenvalue weighted by atomic mass is 9.88. The summed E-state index contributed by atoms with van der Waals surface area (Å²) in [4.78, 5) is 0. The van der Waals surface area contributed by atoms with E-state index in [1.165, 1.54) is 20.8 Å². The van der Waals surface area contributed by atoms with Crippen LogP contribution in [-0.2, 0) is 13.3 Å². The van der Waals surface area contributed by atoms with E-state index in [-0.39, 0.29) is 19.8 Å². The van der Waals surface area contributed by atoms with Gasteiger partial charge in [-0.05, 0) is 27.2 Å². The average Bonchev–Trinajstić information content (AvgIpc) is 2.77. The topological polar surface area (TPSA) is 27.7 Å². The predicted octanol–water partition coefficient (Wildman–Crippen LogP) is 8.85. The average molecular weight is 688 g/mol. The highest BCUT2D eigenvalue weighted by Gasteiger charge is 2.89. The van der Waals surface area contributed by atoms with Crippen molar-refractivity contribution in [3.8, 4) is 0 Å². The molecule has 0 aliphatic heterocycles. The number of hydrogen-bond donors (Lipinski definition) is 0. The van der Waals surface area contributed by atoms with Crippen LogP contribution in [0.1, 0.15) is 40.0 Å². The highest BCUT2D eigenvalue weighted by molar-refractivity contribution is 6.60. The Morgan fingerprint density at radius 1 is 0.429 bits per heavy atom. The first-order valence-corrected chi connectivity index (χ1v) is 13.3. The van der Waals surface area contributed by atoms with Crippen molar-refractivity contribution in [2.75, 3.05) is 19.8 Å². The standard InChI is InChI=1S/C19H23F19O3Si/c1-4-39-42(40-5-2,41-6-3)9-7-8-11(20,21)14(26,27)17(32,33)15(28,29)12(22,23)10-13(24,25)16(30,31)18(34,35)19(36,37)38/h4-10H2,1-3H3. The van der Waals surface area contributed by atoms with Crippen molar-refractivity contribution in [3.05, 3.63) is 0 Å². The van der Waals surface area contributed by atoms with Crippen LogP contribution in [0.25, 0.3) is 0 Å². The molecule has 0 aliphatic rings. The first kappa shape index (κ1) is 40.8. The summed E-state index contributed by atoms with van der Waals surface area (Å²) >= 11 is 0. The minimum absolute atomic E-state index is 0.225. The van der Waals surface area contributed by atoms with Gasteiger partial charge in [0.25, 0.3) is 0 Å². The van der Waals surface area contributed by atoms with Crippen molar-refractivity contribution in [1.29, 1.82) is 0 Å². The molecule has 0 fully saturated rings. The summed E-state index contributed by atoms with van der Waals surface area (Å²) in [6, 6.07) is -0.860. The third-order valence-electron chi connectivity index (χ3n) is 5.43. The van der Waals surface area contributed by atoms with E-state index >= 15 is 0 Å². The normalized spacial score (nSPS) is 15.9. The first-order chi connectivity index (χ1) is 18.3. The molecule has 42 heavy (non-hydrogen) atoms. The molecule has 0 saturated carbocycles. The molecule has 0 aliphatic carbocycles. The van der Waals surface area contributed by atoms with Crippen LogP contribution in [0.3, 0.4) is 0 Å². The maximum absolute atomic E-state index is 14.2. The highest BCUT2D eigenvalue weighted by atomic mass is 28.4. The lowest BCUT2D eigenvalue weighted by Crippen LogP contribution is -2.69. The van der Waals surface area contributed by atoms with Crippen LogP contribution in [0.15, 0.2) is 0 Å². The van der Waals surface area contributed by atoms with E-state index in [1.807, 2.05) is 0 Å². The molecule has 0 aromatic carbocycles. The summed E-state index contributed by atoms with van der Waals surface area (Å²) in [6.45, 7) is 3.31. The SMILES string of the molecule is CCO[Si](CCCC(F)(F)C(F)(F)C(F)(F)C(F)(F)C(F)(F)CC(F)(F)C(F)(F)C(F)(F)C(F)(F)F)(OCC)OCC. The molecular weight excluding hydrogens is 665 g/mol. The van der Waals surface area contributed by atoms with E-state index in [9.17, 15) is 83.4 Å². The minimum atomic E-state index is -8.17. The van der Waals surface area contributed by atoms with Gasteiger partial charge >= 0.3 is 62.4 Å². The largest absolute Gasteiger partial charge is 0.500 e. The van der Waals surface area contributed by atoms with Crippen molar-refractivity contribution < 1.29 is 96.7 Å². The van der Waals surface area contributed by atoms with E-state index in [1.54, 1.807) is 0 Å². The summed E-state index contributed by atoms with van der Waals surface area (Å²) in [7, 11) is -3.97. The second kappa shape index (κ2) is 12.6. The van der Waals surface area contributed by atoms with E-state index in [2.05, 4.69) is 0 Å². The van der Waals surface area contributed by atoms with Gasteiger partial charge in [0.05, 0.1) is 6.42 Å². The van der Waals surface area contributed by atoms with Crippen molar-refractivity contribution in [1.82, 2.24) is 0 Å². The number of rotatable bonds is 18. The van der Waals surface area contributed by atoms with Gasteiger partial charge in [-0.25, -0.2) is 0 Å². The van der Waals surface area contributed by atoms with Crippen molar-refractivity contribution in [2.45, 2.75) is 99.6 Å². The Morgan fingerprint density at radius 3 is 1.05 bits per heavy atom. The molecule has 0 atom stereocenters. The summed E-state index contributed by atoms with van der Waals surface area (Å²) in [5, 5.41) is 0. The van der Waals surface area contributed by atoms with Crippen LogP contribution in [0, 0.1) is 0 Å². The molecule has 0 aromatic rings. The van der Waals surface area contributed by atoms with Crippen molar-refractivity contribution >= 4 is 8.80 Å². The van der Waals surface area contributed by atoms with Gasteiger partial charge in [0.1, 0.15) is 0 Å². The van der Waals surface area contributed by atoms with Gasteiger partial charge < -0.3 is 13.3 Å². The molecule has 0 amide bonds. The second-order valence-electron chi connectivity index (χ2n) is 8.50. The number of alkyl halides is 19. The summed E-state index contributed by atoms with van der Waals surface area (Å²) in [5.41, 5.74) is 0. The Hall–Kier alpha value is -1.23. The maximum Gasteiger partial charge on any atom is 0.500 e. The highest BCUT2D eigenvalue weighted by Crippen LogP contribution is 2.62. The van der Waals surface area contributed by atoms with Gasteiger partial charge in [0.2, 0.25) is 0 Å². The summed E-state index contributed by atoms with van der Waals surface area (Å²) < 4.78 is 271. The zero-order chi connectivity index (χ0) is 34.1. The van der Waals surface area contributed by atoms with Gasteiger partial charge in [-0.3, -0.25) is 0 Å². The molecule has 0 N–H and O–H groups in total. The maximum atomic E-state index is 14.2. The van der Waals surface area contributed by atoms with E-state index in [0.29, 0.717) is 0 Å². The third kappa shape index (κ3) is 7.18. The molecule has 0 saturated heterocycles. The van der Waals surface area contributed by atoms with Crippen LogP contribution >= 0.6 is 0 Å². The Balaban J connectivity index is 6.33. The fourth-order valence-electron chi connectivity index (χ4n) is 3.25. The van der Waals surface area contributed by atoms with Gasteiger partial charge in [-0.2, -0.15) is 83.4 Å². The molecule has 0 rings (SSSR count). The van der Waals surface area contributed by atoms with Gasteiger partial charge in [-0.15, -0.1) is 0 Å². The molecule has 23 heteroatoms. The molecule has 0 aromatic heterocycles. The zero-order valence-corrected chi connectivity index (χ0v) is 22.4. The zero-order valence-electron chi connectivity index (χ0n) is 21.4. The molecule has 0 radical (unpaired) electrons. The molecule has 3 nitrogen and oxygen atoms in total. The van der Waals surface area contributed by atoms with Crippen molar-refractivity contribution in [2.24, 2.45) is 0 Å². The molecule has 254 valence electrons. The lowest BCUT2D eigenvalue weighted by molar-refractivity contribution is -0.424. The Bertz CT molecular complexity index is 858. The predicted molar refractivity (Wildman–Crippen MR) is 105 cm³/mol. The number of halogens is 19. The smallest absolute Gasteiger partial charge is 0.374 e. The van der Waals surface area contributed by atoms with E-state index in [4.69, 9.17) is 13.3 Å². The van der Waals surface area contributed by atoms with Crippen molar-refractivity contribution in [3.63, 3.8) is 0 Å². The van der Waals surface area contributed by atoms with E-state index < -0.39 is 87.7 Å². The minimum Gasteiger partial charge on any atom is -0.374 e. The molecule has 0 bridgehead atoms. The lowest BCUT2D eigenvalue weighted by Gasteiger charge is -2.41. The van der Waals surface area contributed by atoms with Crippen LogP contribution in [-0.4, -0.2) is 82.2 Å². The molecule has 0 heterocycles. The van der Waals surface area contributed by atoms with Gasteiger partial charge in [0, 0.05) is 32.3 Å². The number of hydrogen-bond acceptors (Lipinski definition) is 3. The van der Waals surface area contributed by atoms with E-state index in [0.717, 1.165) is 0 Å². The first-order valence-electron chi connectivity index (χ1n) is 11.4. The Kier molecular flexibility index (Phi) is 12.3. The summed E-state index contributed by atoms with van der Waals surface area (Å²) in [5.74, 6) is -61.6. The molecule has 0 spiro atoms.